The van der Waals surface area contributed by atoms with Gasteiger partial charge < -0.3 is 9.84 Å². The molecule has 2 rings (SSSR count). The number of aromatic nitrogens is 1. The molecule has 0 saturated heterocycles. The zero-order chi connectivity index (χ0) is 20.8. The van der Waals surface area contributed by atoms with E-state index in [1.807, 2.05) is 6.07 Å². The third-order valence-electron chi connectivity index (χ3n) is 4.31. The highest BCUT2D eigenvalue weighted by molar-refractivity contribution is 5.98. The molecule has 1 aromatic carbocycles. The van der Waals surface area contributed by atoms with E-state index < -0.39 is 17.5 Å². The van der Waals surface area contributed by atoms with E-state index in [2.05, 4.69) is 4.98 Å². The number of pyridine rings is 1. The van der Waals surface area contributed by atoms with Gasteiger partial charge in [-0.1, -0.05) is 0 Å². The monoisotopic (exact) mass is 384 g/mol. The van der Waals surface area contributed by atoms with E-state index >= 15 is 0 Å². The first-order valence-corrected chi connectivity index (χ1v) is 8.84. The first kappa shape index (κ1) is 21.0. The molecular weight excluding hydrogens is 363 g/mol. The van der Waals surface area contributed by atoms with Crippen LogP contribution in [0.5, 0.6) is 5.75 Å². The van der Waals surface area contributed by atoms with Gasteiger partial charge in [0.15, 0.2) is 11.5 Å². The van der Waals surface area contributed by atoms with Gasteiger partial charge in [-0.05, 0) is 55.7 Å². The van der Waals surface area contributed by atoms with E-state index in [-0.39, 0.29) is 42.9 Å². The van der Waals surface area contributed by atoms with Gasteiger partial charge >= 0.3 is 5.97 Å². The molecule has 1 heterocycles. The highest BCUT2D eigenvalue weighted by Gasteiger charge is 2.20. The molecule has 0 unspecified atom stereocenters. The number of carbonyl (C=O) groups excluding carboxylic acids is 2. The van der Waals surface area contributed by atoms with Crippen LogP contribution < -0.4 is 0 Å². The average molecular weight is 384 g/mol. The summed E-state index contributed by atoms with van der Waals surface area (Å²) in [6, 6.07) is 6.05. The molecule has 0 radical (unpaired) electrons. The quantitative estimate of drug-likeness (QED) is 0.579. The normalized spacial score (nSPS) is 10.4. The summed E-state index contributed by atoms with van der Waals surface area (Å²) < 4.78 is 18.3. The van der Waals surface area contributed by atoms with Crippen molar-refractivity contribution in [3.05, 3.63) is 57.7 Å². The van der Waals surface area contributed by atoms with E-state index in [1.54, 1.807) is 20.8 Å². The number of carbonyl (C=O) groups is 2. The molecule has 0 aliphatic carbocycles. The second kappa shape index (κ2) is 9.09. The molecule has 0 aliphatic heterocycles. The van der Waals surface area contributed by atoms with E-state index in [9.17, 15) is 24.3 Å². The Morgan fingerprint density at radius 2 is 1.86 bits per heavy atom. The summed E-state index contributed by atoms with van der Waals surface area (Å²) >= 11 is 0. The summed E-state index contributed by atoms with van der Waals surface area (Å²) in [5.41, 5.74) is 2.33. The lowest BCUT2D eigenvalue weighted by atomic mass is 9.97. The van der Waals surface area contributed by atoms with Crippen molar-refractivity contribution in [3.8, 4) is 11.8 Å². The maximum Gasteiger partial charge on any atom is 0.306 e. The van der Waals surface area contributed by atoms with Gasteiger partial charge in [0, 0.05) is 18.5 Å². The number of aromatic hydroxyl groups is 1. The minimum atomic E-state index is -0.559. The van der Waals surface area contributed by atoms with Crippen LogP contribution in [0.2, 0.25) is 0 Å². The predicted octanol–water partition coefficient (Wildman–Crippen LogP) is 3.53. The van der Waals surface area contributed by atoms with Gasteiger partial charge in [-0.15, -0.1) is 0 Å². The van der Waals surface area contributed by atoms with Gasteiger partial charge in [-0.2, -0.15) is 5.26 Å². The largest absolute Gasteiger partial charge is 0.504 e. The molecule has 1 aromatic heterocycles. The van der Waals surface area contributed by atoms with Crippen LogP contribution in [0.25, 0.3) is 0 Å². The molecule has 1 N–H and O–H groups in total. The molecule has 0 fully saturated rings. The van der Waals surface area contributed by atoms with Crippen LogP contribution in [0, 0.1) is 31.0 Å². The Labute approximate surface area is 162 Å². The average Bonchev–Trinajstić information content (AvgIpc) is 2.63. The fourth-order valence-corrected chi connectivity index (χ4v) is 2.93. The van der Waals surface area contributed by atoms with E-state index in [0.717, 1.165) is 16.7 Å². The van der Waals surface area contributed by atoms with E-state index in [1.165, 1.54) is 18.2 Å². The third kappa shape index (κ3) is 4.92. The topological polar surface area (TPSA) is 100 Å². The maximum absolute atomic E-state index is 13.5. The molecule has 0 aliphatic rings. The molecule has 146 valence electrons. The Hall–Kier alpha value is -3.27. The first-order valence-electron chi connectivity index (χ1n) is 8.84. The van der Waals surface area contributed by atoms with Crippen molar-refractivity contribution in [2.75, 3.05) is 6.61 Å². The number of hydrogen-bond acceptors (Lipinski definition) is 6. The molecule has 28 heavy (non-hydrogen) atoms. The fraction of sp³-hybridized carbons (Fsp3) is 0.333. The molecule has 0 saturated carbocycles. The summed E-state index contributed by atoms with van der Waals surface area (Å²) in [5, 5.41) is 19.5. The summed E-state index contributed by atoms with van der Waals surface area (Å²) in [4.78, 5) is 28.1. The summed E-state index contributed by atoms with van der Waals surface area (Å²) in [5.74, 6) is -1.93. The highest BCUT2D eigenvalue weighted by Crippen LogP contribution is 2.26. The van der Waals surface area contributed by atoms with Crippen molar-refractivity contribution in [1.29, 1.82) is 5.26 Å². The van der Waals surface area contributed by atoms with Crippen molar-refractivity contribution in [2.45, 2.75) is 40.0 Å². The zero-order valence-electron chi connectivity index (χ0n) is 16.0. The van der Waals surface area contributed by atoms with Crippen molar-refractivity contribution in [3.63, 3.8) is 0 Å². The number of benzene rings is 1. The molecular formula is C21H21FN2O4. The molecule has 0 bridgehead atoms. The lowest BCUT2D eigenvalue weighted by molar-refractivity contribution is -0.143. The Bertz CT molecular complexity index is 941. The van der Waals surface area contributed by atoms with Crippen molar-refractivity contribution >= 4 is 11.8 Å². The second-order valence-electron chi connectivity index (χ2n) is 6.39. The first-order chi connectivity index (χ1) is 13.3. The molecule has 2 aromatic rings. The zero-order valence-corrected chi connectivity index (χ0v) is 16.0. The van der Waals surface area contributed by atoms with Gasteiger partial charge in [0.2, 0.25) is 0 Å². The molecule has 7 heteroatoms. The number of nitriles is 1. The number of hydrogen-bond donors (Lipinski definition) is 1. The van der Waals surface area contributed by atoms with Gasteiger partial charge in [0.25, 0.3) is 0 Å². The third-order valence-corrected chi connectivity index (χ3v) is 4.31. The van der Waals surface area contributed by atoms with E-state index in [4.69, 9.17) is 4.74 Å². The number of esters is 1. The van der Waals surface area contributed by atoms with Crippen LogP contribution in [0.3, 0.4) is 0 Å². The smallest absolute Gasteiger partial charge is 0.306 e. The standard InChI is InChI=1S/C21H21FN2O4/c1-4-28-19(26)6-5-18(25)20-21(27)14(11-23)9-16(24-20)10-17-12(2)7-15(22)8-13(17)3/h7-9,27H,4-6,10H2,1-3H3. The number of rotatable bonds is 7. The Balaban J connectivity index is 2.35. The predicted molar refractivity (Wildman–Crippen MR) is 99.5 cm³/mol. The van der Waals surface area contributed by atoms with Crippen LogP contribution in [0.4, 0.5) is 4.39 Å². The number of ether oxygens (including phenoxy) is 1. The SMILES string of the molecule is CCOC(=O)CCC(=O)c1nc(Cc2c(C)cc(F)cc2C)cc(C#N)c1O. The summed E-state index contributed by atoms with van der Waals surface area (Å²) in [7, 11) is 0. The van der Waals surface area contributed by atoms with Gasteiger partial charge in [0.05, 0.1) is 18.6 Å². The fourth-order valence-electron chi connectivity index (χ4n) is 2.93. The van der Waals surface area contributed by atoms with Crippen LogP contribution in [0.1, 0.15) is 58.2 Å². The van der Waals surface area contributed by atoms with Gasteiger partial charge in [0.1, 0.15) is 17.6 Å². The highest BCUT2D eigenvalue weighted by atomic mass is 19.1. The minimum absolute atomic E-state index is 0.0816. The summed E-state index contributed by atoms with van der Waals surface area (Å²) in [6.45, 7) is 5.40. The van der Waals surface area contributed by atoms with Crippen molar-refractivity contribution < 1.29 is 23.8 Å². The Kier molecular flexibility index (Phi) is 6.83. The Morgan fingerprint density at radius 1 is 1.21 bits per heavy atom. The van der Waals surface area contributed by atoms with Gasteiger partial charge in [-0.3, -0.25) is 9.59 Å². The van der Waals surface area contributed by atoms with Crippen molar-refractivity contribution in [1.82, 2.24) is 4.98 Å². The molecule has 6 nitrogen and oxygen atoms in total. The molecule has 0 atom stereocenters. The Morgan fingerprint density at radius 3 is 2.43 bits per heavy atom. The number of Topliss-reactive ketones (excluding diaryl/α,β-unsaturated/α-hetero) is 1. The number of halogens is 1. The lowest BCUT2D eigenvalue weighted by Crippen LogP contribution is -2.11. The van der Waals surface area contributed by atoms with Crippen LogP contribution in [-0.2, 0) is 16.0 Å². The van der Waals surface area contributed by atoms with Crippen LogP contribution in [0.15, 0.2) is 18.2 Å². The van der Waals surface area contributed by atoms with Gasteiger partial charge in [-0.25, -0.2) is 9.37 Å². The maximum atomic E-state index is 13.5. The molecule has 0 spiro atoms. The number of nitrogens with zero attached hydrogens (tertiary/aromatic N) is 2. The van der Waals surface area contributed by atoms with Crippen molar-refractivity contribution in [2.24, 2.45) is 0 Å². The minimum Gasteiger partial charge on any atom is -0.504 e. The van der Waals surface area contributed by atoms with Crippen LogP contribution in [-0.4, -0.2) is 28.4 Å². The van der Waals surface area contributed by atoms with Crippen LogP contribution >= 0.6 is 0 Å². The number of ketones is 1. The molecule has 0 amide bonds. The number of aryl methyl sites for hydroxylation is 2. The second-order valence-corrected chi connectivity index (χ2v) is 6.39. The summed E-state index contributed by atoms with van der Waals surface area (Å²) in [6.07, 6.45) is -0.0660. The lowest BCUT2D eigenvalue weighted by Gasteiger charge is -2.12. The van der Waals surface area contributed by atoms with E-state index in [0.29, 0.717) is 5.69 Å².